The van der Waals surface area contributed by atoms with Gasteiger partial charge in [0, 0.05) is 48.4 Å². The molecule has 1 N–H and O–H groups in total. The molecule has 0 bridgehead atoms. The second-order valence-corrected chi connectivity index (χ2v) is 8.31. The van der Waals surface area contributed by atoms with Crippen LogP contribution in [0.15, 0.2) is 84.2 Å². The van der Waals surface area contributed by atoms with E-state index < -0.39 is 4.92 Å². The van der Waals surface area contributed by atoms with Crippen LogP contribution >= 0.6 is 0 Å². The van der Waals surface area contributed by atoms with Gasteiger partial charge in [-0.2, -0.15) is 4.52 Å². The zero-order chi connectivity index (χ0) is 24.6. The molecular weight excluding hydrogens is 460 g/mol. The van der Waals surface area contributed by atoms with Crippen LogP contribution in [-0.2, 0) is 6.54 Å². The van der Waals surface area contributed by atoms with E-state index in [9.17, 15) is 14.9 Å². The van der Waals surface area contributed by atoms with Gasteiger partial charge in [-0.05, 0) is 36.8 Å². The van der Waals surface area contributed by atoms with Gasteiger partial charge in [-0.1, -0.05) is 18.2 Å². The summed E-state index contributed by atoms with van der Waals surface area (Å²) in [5.41, 5.74) is 1.87. The number of pyridine rings is 1. The van der Waals surface area contributed by atoms with Gasteiger partial charge in [-0.15, -0.1) is 5.10 Å². The molecule has 4 heterocycles. The molecule has 0 radical (unpaired) electrons. The first-order valence-corrected chi connectivity index (χ1v) is 11.4. The number of rotatable bonds is 7. The van der Waals surface area contributed by atoms with Crippen LogP contribution in [0.1, 0.15) is 6.42 Å². The molecule has 2 aromatic carbocycles. The molecule has 0 saturated carbocycles. The Morgan fingerprint density at radius 3 is 2.56 bits per heavy atom. The number of nitrogens with zero attached hydrogens (tertiary/aromatic N) is 7. The average Bonchev–Trinajstić information content (AvgIpc) is 3.55. The van der Waals surface area contributed by atoms with Crippen LogP contribution in [0.3, 0.4) is 0 Å². The zero-order valence-corrected chi connectivity index (χ0v) is 19.0. The number of anilines is 1. The molecule has 6 aromatic rings. The maximum Gasteiger partial charge on any atom is 0.269 e. The van der Waals surface area contributed by atoms with Crippen LogP contribution < -0.4 is 10.9 Å². The molecule has 0 unspecified atom stereocenters. The fourth-order valence-corrected chi connectivity index (χ4v) is 4.35. The first kappa shape index (κ1) is 21.5. The average molecular weight is 480 g/mol. The third-order valence-electron chi connectivity index (χ3n) is 6.06. The van der Waals surface area contributed by atoms with E-state index >= 15 is 0 Å². The molecule has 0 saturated heterocycles. The van der Waals surface area contributed by atoms with Crippen molar-refractivity contribution in [3.05, 3.63) is 99.9 Å². The largest absolute Gasteiger partial charge is 0.369 e. The van der Waals surface area contributed by atoms with Crippen LogP contribution in [0.2, 0.25) is 0 Å². The number of aromatic nitrogens is 6. The van der Waals surface area contributed by atoms with Gasteiger partial charge in [-0.25, -0.2) is 9.97 Å². The molecule has 0 aliphatic rings. The van der Waals surface area contributed by atoms with Crippen LogP contribution in [-0.4, -0.2) is 40.2 Å². The summed E-state index contributed by atoms with van der Waals surface area (Å²) in [5.74, 6) is 0.642. The van der Waals surface area contributed by atoms with Crippen LogP contribution in [0, 0.1) is 10.1 Å². The summed E-state index contributed by atoms with van der Waals surface area (Å²) in [7, 11) is 0. The summed E-state index contributed by atoms with van der Waals surface area (Å²) >= 11 is 0. The maximum absolute atomic E-state index is 13.6. The highest BCUT2D eigenvalue weighted by atomic mass is 16.6. The van der Waals surface area contributed by atoms with Gasteiger partial charge in [0.25, 0.3) is 11.2 Å². The lowest BCUT2D eigenvalue weighted by atomic mass is 10.1. The molecule has 0 amide bonds. The molecule has 6 rings (SSSR count). The Hall–Kier alpha value is -5.06. The Morgan fingerprint density at radius 2 is 1.81 bits per heavy atom. The lowest BCUT2D eigenvalue weighted by Gasteiger charge is -2.11. The number of nitro groups is 1. The smallest absolute Gasteiger partial charge is 0.269 e. The molecule has 0 spiro atoms. The van der Waals surface area contributed by atoms with E-state index in [-0.39, 0.29) is 11.2 Å². The first-order chi connectivity index (χ1) is 17.6. The van der Waals surface area contributed by atoms with E-state index in [1.54, 1.807) is 41.3 Å². The normalized spacial score (nSPS) is 11.4. The molecule has 178 valence electrons. The summed E-state index contributed by atoms with van der Waals surface area (Å²) in [6.45, 7) is 1.52. The molecule has 11 heteroatoms. The fourth-order valence-electron chi connectivity index (χ4n) is 4.35. The number of fused-ring (bicyclic) bond motifs is 5. The molecule has 0 aliphatic heterocycles. The highest BCUT2D eigenvalue weighted by Gasteiger charge is 2.19. The van der Waals surface area contributed by atoms with Crippen molar-refractivity contribution >= 4 is 39.1 Å². The molecule has 0 fully saturated rings. The first-order valence-electron chi connectivity index (χ1n) is 11.4. The van der Waals surface area contributed by atoms with E-state index in [2.05, 4.69) is 10.3 Å². The van der Waals surface area contributed by atoms with Crippen molar-refractivity contribution in [1.29, 1.82) is 0 Å². The van der Waals surface area contributed by atoms with Crippen molar-refractivity contribution in [2.75, 3.05) is 11.9 Å². The fraction of sp³-hybridized carbons (Fsp3) is 0.120. The summed E-state index contributed by atoms with van der Waals surface area (Å²) in [4.78, 5) is 33.2. The van der Waals surface area contributed by atoms with E-state index in [4.69, 9.17) is 10.1 Å². The van der Waals surface area contributed by atoms with Gasteiger partial charge >= 0.3 is 0 Å². The number of non-ortho nitro benzene ring substituents is 1. The molecular formula is C25H20N8O3. The predicted octanol–water partition coefficient (Wildman–Crippen LogP) is 3.79. The number of nitrogens with one attached hydrogen (secondary N) is 1. The Bertz CT molecular complexity index is 1790. The third-order valence-corrected chi connectivity index (χ3v) is 6.06. The number of hydrogen-bond donors (Lipinski definition) is 1. The Balaban J connectivity index is 1.48. The van der Waals surface area contributed by atoms with Gasteiger partial charge in [-0.3, -0.25) is 19.5 Å². The quantitative estimate of drug-likeness (QED) is 0.209. The van der Waals surface area contributed by atoms with Crippen LogP contribution in [0.4, 0.5) is 11.5 Å². The molecule has 4 aromatic heterocycles. The zero-order valence-electron chi connectivity index (χ0n) is 19.0. The Morgan fingerprint density at radius 1 is 1.00 bits per heavy atom. The van der Waals surface area contributed by atoms with Crippen molar-refractivity contribution in [3.63, 3.8) is 0 Å². The van der Waals surface area contributed by atoms with E-state index in [1.807, 2.05) is 35.0 Å². The molecule has 36 heavy (non-hydrogen) atoms. The van der Waals surface area contributed by atoms with Crippen molar-refractivity contribution in [3.8, 4) is 5.69 Å². The van der Waals surface area contributed by atoms with E-state index in [0.717, 1.165) is 18.4 Å². The standard InChI is InChI=1S/C25H20N8O3/c34-25-20-5-2-1-4-19(20)23-24(31(25)17-6-8-18(9-7-17)33(35)36)32-22(28-23)11-10-21(29-32)27-12-3-14-30-15-13-26-16-30/h1-2,4-11,13,15-16H,3,12,14H2,(H,27,29). The maximum atomic E-state index is 13.6. The van der Waals surface area contributed by atoms with Gasteiger partial charge in [0.1, 0.15) is 11.3 Å². The van der Waals surface area contributed by atoms with Crippen LogP contribution in [0.5, 0.6) is 0 Å². The Kier molecular flexibility index (Phi) is 5.14. The van der Waals surface area contributed by atoms with Gasteiger partial charge < -0.3 is 9.88 Å². The third kappa shape index (κ3) is 3.63. The predicted molar refractivity (Wildman–Crippen MR) is 136 cm³/mol. The highest BCUT2D eigenvalue weighted by Crippen LogP contribution is 2.26. The molecule has 11 nitrogen and oxygen atoms in total. The van der Waals surface area contributed by atoms with Crippen LogP contribution in [0.25, 0.3) is 33.3 Å². The monoisotopic (exact) mass is 480 g/mol. The van der Waals surface area contributed by atoms with Crippen molar-refractivity contribution in [2.45, 2.75) is 13.0 Å². The summed E-state index contributed by atoms with van der Waals surface area (Å²) in [5, 5.41) is 20.4. The van der Waals surface area contributed by atoms with Crippen molar-refractivity contribution in [1.82, 2.24) is 28.7 Å². The number of benzene rings is 2. The summed E-state index contributed by atoms with van der Waals surface area (Å²) < 4.78 is 5.16. The summed E-state index contributed by atoms with van der Waals surface area (Å²) in [6, 6.07) is 16.9. The lowest BCUT2D eigenvalue weighted by molar-refractivity contribution is -0.384. The number of imidazole rings is 2. The van der Waals surface area contributed by atoms with E-state index in [0.29, 0.717) is 40.2 Å². The lowest BCUT2D eigenvalue weighted by Crippen LogP contribution is -2.20. The number of nitro benzene ring substituents is 1. The van der Waals surface area contributed by atoms with Crippen molar-refractivity contribution in [2.24, 2.45) is 0 Å². The topological polar surface area (TPSA) is 125 Å². The summed E-state index contributed by atoms with van der Waals surface area (Å²) in [6.07, 6.45) is 6.33. The second-order valence-electron chi connectivity index (χ2n) is 8.31. The van der Waals surface area contributed by atoms with Gasteiger partial charge in [0.05, 0.1) is 16.9 Å². The van der Waals surface area contributed by atoms with Gasteiger partial charge in [0.15, 0.2) is 11.3 Å². The Labute approximate surface area is 203 Å². The van der Waals surface area contributed by atoms with Crippen molar-refractivity contribution < 1.29 is 4.92 Å². The van der Waals surface area contributed by atoms with Gasteiger partial charge in [0.2, 0.25) is 0 Å². The highest BCUT2D eigenvalue weighted by molar-refractivity contribution is 6.04. The van der Waals surface area contributed by atoms with E-state index in [1.165, 1.54) is 16.7 Å². The molecule has 0 aliphatic carbocycles. The number of aryl methyl sites for hydroxylation is 1. The second kappa shape index (κ2) is 8.62. The molecule has 0 atom stereocenters. The SMILES string of the molecule is O=c1c2ccccc2c2nc3ccc(NCCCn4ccnc4)nn3c2n1-c1ccc([N+](=O)[O-])cc1. The minimum Gasteiger partial charge on any atom is -0.369 e. The minimum atomic E-state index is -0.469. The number of hydrogen-bond acceptors (Lipinski definition) is 7. The minimum absolute atomic E-state index is 0.0534.